The molecule has 1 saturated carbocycles. The zero-order valence-electron chi connectivity index (χ0n) is 17.3. The van der Waals surface area contributed by atoms with Gasteiger partial charge in [-0.05, 0) is 37.5 Å². The smallest absolute Gasteiger partial charge is 0.274 e. The zero-order valence-corrected chi connectivity index (χ0v) is 17.3. The normalized spacial score (nSPS) is 20.5. The van der Waals surface area contributed by atoms with Crippen LogP contribution in [0.1, 0.15) is 46.3 Å². The molecule has 3 amide bonds. The molecule has 0 radical (unpaired) electrons. The molecule has 1 aromatic carbocycles. The van der Waals surface area contributed by atoms with Gasteiger partial charge in [0, 0.05) is 19.6 Å². The minimum atomic E-state index is -1.07. The lowest BCUT2D eigenvalue weighted by Gasteiger charge is -2.44. The first-order valence-electron chi connectivity index (χ1n) is 9.91. The van der Waals surface area contributed by atoms with Crippen LogP contribution in [0.4, 0.5) is 0 Å². The maximum absolute atomic E-state index is 13.4. The third kappa shape index (κ3) is 3.30. The Hall–Kier alpha value is -3.36. The Bertz CT molecular complexity index is 995. The van der Waals surface area contributed by atoms with Crippen LogP contribution in [0, 0.1) is 0 Å². The molecule has 158 valence electrons. The lowest BCUT2D eigenvalue weighted by molar-refractivity contribution is -0.133. The van der Waals surface area contributed by atoms with Gasteiger partial charge in [0.05, 0.1) is 20.0 Å². The number of rotatable bonds is 6. The molecule has 0 saturated heterocycles. The summed E-state index contributed by atoms with van der Waals surface area (Å²) in [5.74, 6) is -0.240. The van der Waals surface area contributed by atoms with Gasteiger partial charge in [0.15, 0.2) is 5.69 Å². The molecule has 2 heterocycles. The van der Waals surface area contributed by atoms with E-state index in [0.717, 1.165) is 24.2 Å². The number of ether oxygens (including phenoxy) is 1. The van der Waals surface area contributed by atoms with Crippen LogP contribution in [-0.4, -0.2) is 57.9 Å². The van der Waals surface area contributed by atoms with Crippen molar-refractivity contribution in [2.45, 2.75) is 44.4 Å². The Labute approximate surface area is 174 Å². The quantitative estimate of drug-likeness (QED) is 0.736. The first kappa shape index (κ1) is 19.9. The molecule has 2 N–H and O–H groups in total. The van der Waals surface area contributed by atoms with Crippen LogP contribution in [-0.2, 0) is 17.9 Å². The first-order valence-corrected chi connectivity index (χ1v) is 9.91. The second kappa shape index (κ2) is 7.47. The monoisotopic (exact) mass is 411 g/mol. The van der Waals surface area contributed by atoms with Crippen LogP contribution < -0.4 is 15.4 Å². The Kier molecular flexibility index (Phi) is 4.97. The summed E-state index contributed by atoms with van der Waals surface area (Å²) in [4.78, 5) is 44.5. The number of hydrogen-bond donors (Lipinski definition) is 2. The van der Waals surface area contributed by atoms with Crippen molar-refractivity contribution in [1.82, 2.24) is 25.1 Å². The summed E-state index contributed by atoms with van der Waals surface area (Å²) in [5, 5.41) is 5.48. The number of benzene rings is 1. The van der Waals surface area contributed by atoms with Crippen LogP contribution >= 0.6 is 0 Å². The number of imidazole rings is 1. The zero-order chi connectivity index (χ0) is 21.5. The molecule has 0 unspecified atom stereocenters. The van der Waals surface area contributed by atoms with E-state index in [1.165, 1.54) is 13.4 Å². The molecule has 0 spiro atoms. The highest BCUT2D eigenvalue weighted by atomic mass is 16.5. The summed E-state index contributed by atoms with van der Waals surface area (Å²) in [6.07, 6.45) is 3.14. The Morgan fingerprint density at radius 2 is 1.97 bits per heavy atom. The minimum Gasteiger partial charge on any atom is -0.497 e. The summed E-state index contributed by atoms with van der Waals surface area (Å²) >= 11 is 0. The highest BCUT2D eigenvalue weighted by Crippen LogP contribution is 2.38. The molecule has 9 heteroatoms. The van der Waals surface area contributed by atoms with Crippen LogP contribution in [0.25, 0.3) is 0 Å². The largest absolute Gasteiger partial charge is 0.497 e. The Morgan fingerprint density at radius 3 is 2.57 bits per heavy atom. The van der Waals surface area contributed by atoms with E-state index in [1.54, 1.807) is 23.5 Å². The van der Waals surface area contributed by atoms with E-state index >= 15 is 0 Å². The fourth-order valence-electron chi connectivity index (χ4n) is 3.96. The molecule has 0 bridgehead atoms. The minimum absolute atomic E-state index is 0.00424. The van der Waals surface area contributed by atoms with Gasteiger partial charge in [0.1, 0.15) is 17.0 Å². The van der Waals surface area contributed by atoms with Gasteiger partial charge < -0.3 is 24.8 Å². The van der Waals surface area contributed by atoms with Gasteiger partial charge in [-0.2, -0.15) is 0 Å². The second-order valence-electron chi connectivity index (χ2n) is 7.86. The average molecular weight is 411 g/mol. The van der Waals surface area contributed by atoms with Gasteiger partial charge in [-0.1, -0.05) is 12.1 Å². The summed E-state index contributed by atoms with van der Waals surface area (Å²) in [6.45, 7) is 2.35. The Balaban J connectivity index is 1.59. The molecular formula is C21H25N5O4. The topological polar surface area (TPSA) is 106 Å². The molecule has 1 aromatic heterocycles. The molecule has 30 heavy (non-hydrogen) atoms. The third-order valence-corrected chi connectivity index (χ3v) is 5.72. The van der Waals surface area contributed by atoms with E-state index < -0.39 is 11.4 Å². The van der Waals surface area contributed by atoms with Crippen molar-refractivity contribution in [3.8, 4) is 5.75 Å². The van der Waals surface area contributed by atoms with Crippen LogP contribution in [0.15, 0.2) is 30.6 Å². The summed E-state index contributed by atoms with van der Waals surface area (Å²) in [7, 11) is 3.10. The van der Waals surface area contributed by atoms with Gasteiger partial charge in [-0.15, -0.1) is 0 Å². The second-order valence-corrected chi connectivity index (χ2v) is 7.86. The number of carbonyl (C=O) groups excluding carboxylic acids is 3. The summed E-state index contributed by atoms with van der Waals surface area (Å²) < 4.78 is 6.77. The van der Waals surface area contributed by atoms with E-state index in [1.807, 2.05) is 24.3 Å². The van der Waals surface area contributed by atoms with Crippen molar-refractivity contribution < 1.29 is 19.1 Å². The molecular weight excluding hydrogens is 386 g/mol. The number of amides is 3. The first-order chi connectivity index (χ1) is 14.4. The maximum Gasteiger partial charge on any atom is 0.274 e. The van der Waals surface area contributed by atoms with Crippen molar-refractivity contribution in [2.24, 2.45) is 0 Å². The number of aromatic nitrogens is 2. The number of nitrogens with one attached hydrogen (secondary N) is 2. The standard InChI is InChI=1S/C21H25N5O4/c1-21(20(29)23-10-13-4-8-15(30-3)9-5-13)11-25-12-24-16(18(27)22-2)17(25)19(28)26(21)14-6-7-14/h4-5,8-9,12,14H,6-7,10-11H2,1-3H3,(H,22,27)(H,23,29)/t21-/m0/s1. The van der Waals surface area contributed by atoms with Crippen LogP contribution in [0.3, 0.4) is 0 Å². The predicted molar refractivity (Wildman–Crippen MR) is 108 cm³/mol. The highest BCUT2D eigenvalue weighted by Gasteiger charge is 2.53. The van der Waals surface area contributed by atoms with Gasteiger partial charge in [-0.25, -0.2) is 4.98 Å². The molecule has 1 atom stereocenters. The average Bonchev–Trinajstić information content (AvgIpc) is 3.49. The van der Waals surface area contributed by atoms with Crippen molar-refractivity contribution in [2.75, 3.05) is 14.2 Å². The fraction of sp³-hybridized carbons (Fsp3) is 0.429. The lowest BCUT2D eigenvalue weighted by Crippen LogP contribution is -2.64. The number of nitrogens with zero attached hydrogens (tertiary/aromatic N) is 3. The molecule has 2 aliphatic rings. The third-order valence-electron chi connectivity index (χ3n) is 5.72. The summed E-state index contributed by atoms with van der Waals surface area (Å²) in [6, 6.07) is 7.44. The van der Waals surface area contributed by atoms with Gasteiger partial charge in [0.2, 0.25) is 5.91 Å². The van der Waals surface area contributed by atoms with E-state index in [9.17, 15) is 14.4 Å². The SMILES string of the molecule is CNC(=O)c1ncn2c1C(=O)N(C1CC1)[C@](C)(C(=O)NCc1ccc(OC)cc1)C2. The molecule has 1 aliphatic heterocycles. The Morgan fingerprint density at radius 1 is 1.27 bits per heavy atom. The van der Waals surface area contributed by atoms with Crippen molar-refractivity contribution in [3.05, 3.63) is 47.5 Å². The van der Waals surface area contributed by atoms with Gasteiger partial charge >= 0.3 is 0 Å². The van der Waals surface area contributed by atoms with Crippen molar-refractivity contribution in [3.63, 3.8) is 0 Å². The van der Waals surface area contributed by atoms with E-state index in [4.69, 9.17) is 4.74 Å². The van der Waals surface area contributed by atoms with Crippen molar-refractivity contribution >= 4 is 17.7 Å². The number of hydrogen-bond acceptors (Lipinski definition) is 5. The molecule has 4 rings (SSSR count). The van der Waals surface area contributed by atoms with Crippen LogP contribution in [0.2, 0.25) is 0 Å². The highest BCUT2D eigenvalue weighted by molar-refractivity contribution is 6.07. The molecule has 1 aliphatic carbocycles. The number of carbonyl (C=O) groups is 3. The van der Waals surface area contributed by atoms with E-state index in [0.29, 0.717) is 6.54 Å². The fourth-order valence-corrected chi connectivity index (χ4v) is 3.96. The lowest BCUT2D eigenvalue weighted by atomic mass is 9.93. The molecule has 2 aromatic rings. The summed E-state index contributed by atoms with van der Waals surface area (Å²) in [5.41, 5.74) is 0.187. The van der Waals surface area contributed by atoms with Gasteiger partial charge in [-0.3, -0.25) is 14.4 Å². The van der Waals surface area contributed by atoms with Crippen molar-refractivity contribution in [1.29, 1.82) is 0 Å². The maximum atomic E-state index is 13.4. The predicted octanol–water partition coefficient (Wildman–Crippen LogP) is 0.945. The molecule has 9 nitrogen and oxygen atoms in total. The number of fused-ring (bicyclic) bond motifs is 1. The van der Waals surface area contributed by atoms with E-state index in [-0.39, 0.29) is 35.8 Å². The number of methoxy groups -OCH3 is 1. The van der Waals surface area contributed by atoms with E-state index in [2.05, 4.69) is 15.6 Å². The van der Waals surface area contributed by atoms with Gasteiger partial charge in [0.25, 0.3) is 11.8 Å². The van der Waals surface area contributed by atoms with Crippen LogP contribution in [0.5, 0.6) is 5.75 Å². The molecule has 1 fully saturated rings.